The molecule has 0 bridgehead atoms. The van der Waals surface area contributed by atoms with Crippen molar-refractivity contribution in [1.29, 1.82) is 0 Å². The van der Waals surface area contributed by atoms with Crippen molar-refractivity contribution in [3.8, 4) is 5.75 Å². The summed E-state index contributed by atoms with van der Waals surface area (Å²) in [6.45, 7) is 4.27. The molecule has 1 aromatic rings. The molecule has 2 rings (SSSR count). The number of likely N-dealkylation sites (tertiary alicyclic amines) is 1. The molecule has 1 aliphatic heterocycles. The Kier molecular flexibility index (Phi) is 7.68. The number of amides is 3. The smallest absolute Gasteiger partial charge is 0.319 e. The Bertz CT molecular complexity index is 623. The molecular weight excluding hydrogens is 336 g/mol. The van der Waals surface area contributed by atoms with E-state index < -0.39 is 0 Å². The predicted molar refractivity (Wildman–Crippen MR) is 99.8 cm³/mol. The number of ether oxygens (including phenoxy) is 2. The van der Waals surface area contributed by atoms with Crippen molar-refractivity contribution in [3.05, 3.63) is 23.8 Å². The minimum Gasteiger partial charge on any atom is -0.496 e. The zero-order valence-corrected chi connectivity index (χ0v) is 15.6. The number of hydrogen-bond donors (Lipinski definition) is 3. The van der Waals surface area contributed by atoms with Gasteiger partial charge >= 0.3 is 6.03 Å². The number of methoxy groups -OCH3 is 2. The van der Waals surface area contributed by atoms with E-state index >= 15 is 0 Å². The van der Waals surface area contributed by atoms with Crippen molar-refractivity contribution >= 4 is 17.6 Å². The summed E-state index contributed by atoms with van der Waals surface area (Å²) >= 11 is 0. The first-order valence-corrected chi connectivity index (χ1v) is 8.73. The lowest BCUT2D eigenvalue weighted by atomic mass is 10.1. The number of rotatable bonds is 8. The fourth-order valence-electron chi connectivity index (χ4n) is 3.01. The van der Waals surface area contributed by atoms with Crippen LogP contribution in [0.3, 0.4) is 0 Å². The SMILES string of the molecule is CNC(=O)c1cc(NC(=O)NC[C@H]2CCN(CCOC)C2)ccc1OC. The summed E-state index contributed by atoms with van der Waals surface area (Å²) in [4.78, 5) is 26.4. The molecule has 0 aromatic heterocycles. The van der Waals surface area contributed by atoms with Crippen LogP contribution >= 0.6 is 0 Å². The van der Waals surface area contributed by atoms with E-state index in [0.717, 1.165) is 32.7 Å². The van der Waals surface area contributed by atoms with Crippen LogP contribution in [0.15, 0.2) is 18.2 Å². The third kappa shape index (κ3) is 5.60. The second-order valence-electron chi connectivity index (χ2n) is 6.28. The number of nitrogens with zero attached hydrogens (tertiary/aromatic N) is 1. The Morgan fingerprint density at radius 1 is 1.31 bits per heavy atom. The number of urea groups is 1. The first kappa shape index (κ1) is 20.0. The van der Waals surface area contributed by atoms with Gasteiger partial charge in [0.25, 0.3) is 5.91 Å². The number of hydrogen-bond acceptors (Lipinski definition) is 5. The molecule has 1 fully saturated rings. The zero-order valence-electron chi connectivity index (χ0n) is 15.6. The first-order valence-electron chi connectivity index (χ1n) is 8.73. The molecule has 144 valence electrons. The molecule has 1 heterocycles. The quantitative estimate of drug-likeness (QED) is 0.643. The standard InChI is InChI=1S/C18H28N4O4/c1-19-17(23)15-10-14(4-5-16(15)26-3)21-18(24)20-11-13-6-7-22(12-13)8-9-25-2/h4-5,10,13H,6-9,11-12H2,1-3H3,(H,19,23)(H2,20,21,24)/t13-/m1/s1. The van der Waals surface area contributed by atoms with Gasteiger partial charge in [-0.15, -0.1) is 0 Å². The number of benzene rings is 1. The molecule has 3 N–H and O–H groups in total. The van der Waals surface area contributed by atoms with E-state index in [1.807, 2.05) is 0 Å². The largest absolute Gasteiger partial charge is 0.496 e. The summed E-state index contributed by atoms with van der Waals surface area (Å²) in [5.74, 6) is 0.625. The molecule has 0 saturated carbocycles. The summed E-state index contributed by atoms with van der Waals surface area (Å²) < 4.78 is 10.3. The lowest BCUT2D eigenvalue weighted by molar-refractivity contribution is 0.0960. The van der Waals surface area contributed by atoms with Gasteiger partial charge in [-0.3, -0.25) is 4.79 Å². The summed E-state index contributed by atoms with van der Waals surface area (Å²) in [5, 5.41) is 8.22. The first-order chi connectivity index (χ1) is 12.6. The topological polar surface area (TPSA) is 91.9 Å². The Morgan fingerprint density at radius 2 is 2.12 bits per heavy atom. The highest BCUT2D eigenvalue weighted by molar-refractivity contribution is 5.99. The molecule has 1 aliphatic rings. The summed E-state index contributed by atoms with van der Waals surface area (Å²) in [7, 11) is 4.75. The van der Waals surface area contributed by atoms with Crippen molar-refractivity contribution < 1.29 is 19.1 Å². The molecule has 0 spiro atoms. The second-order valence-corrected chi connectivity index (χ2v) is 6.28. The van der Waals surface area contributed by atoms with Crippen molar-refractivity contribution in [1.82, 2.24) is 15.5 Å². The lowest BCUT2D eigenvalue weighted by Crippen LogP contribution is -2.34. The Balaban J connectivity index is 1.83. The van der Waals surface area contributed by atoms with Crippen LogP contribution in [0.5, 0.6) is 5.75 Å². The third-order valence-corrected chi connectivity index (χ3v) is 4.46. The second kappa shape index (κ2) is 9.98. The molecule has 1 saturated heterocycles. The number of nitrogens with one attached hydrogen (secondary N) is 3. The number of carbonyl (C=O) groups is 2. The van der Waals surface area contributed by atoms with E-state index in [9.17, 15) is 9.59 Å². The Labute approximate surface area is 154 Å². The highest BCUT2D eigenvalue weighted by Crippen LogP contribution is 2.22. The van der Waals surface area contributed by atoms with Crippen LogP contribution in [0.1, 0.15) is 16.8 Å². The fourth-order valence-corrected chi connectivity index (χ4v) is 3.01. The van der Waals surface area contributed by atoms with Crippen LogP contribution in [0.25, 0.3) is 0 Å². The van der Waals surface area contributed by atoms with Gasteiger partial charge in [-0.25, -0.2) is 4.79 Å². The van der Waals surface area contributed by atoms with Crippen molar-refractivity contribution in [2.45, 2.75) is 6.42 Å². The molecule has 1 atom stereocenters. The van der Waals surface area contributed by atoms with Gasteiger partial charge in [0.2, 0.25) is 0 Å². The van der Waals surface area contributed by atoms with Crippen molar-refractivity contribution in [3.63, 3.8) is 0 Å². The van der Waals surface area contributed by atoms with Crippen LogP contribution < -0.4 is 20.7 Å². The maximum Gasteiger partial charge on any atom is 0.319 e. The van der Waals surface area contributed by atoms with Gasteiger partial charge in [0.1, 0.15) is 5.75 Å². The maximum atomic E-state index is 12.1. The highest BCUT2D eigenvalue weighted by atomic mass is 16.5. The van der Waals surface area contributed by atoms with E-state index in [4.69, 9.17) is 9.47 Å². The van der Waals surface area contributed by atoms with Crippen LogP contribution in [0.2, 0.25) is 0 Å². The average Bonchev–Trinajstić information content (AvgIpc) is 3.11. The summed E-state index contributed by atoms with van der Waals surface area (Å²) in [6.07, 6.45) is 1.06. The minimum absolute atomic E-state index is 0.270. The minimum atomic E-state index is -0.284. The molecule has 3 amide bonds. The van der Waals surface area contributed by atoms with E-state index in [2.05, 4.69) is 20.9 Å². The maximum absolute atomic E-state index is 12.1. The molecular formula is C18H28N4O4. The van der Waals surface area contributed by atoms with Crippen LogP contribution in [-0.2, 0) is 4.74 Å². The van der Waals surface area contributed by atoms with Gasteiger partial charge in [0.15, 0.2) is 0 Å². The molecule has 1 aromatic carbocycles. The van der Waals surface area contributed by atoms with E-state index in [0.29, 0.717) is 29.5 Å². The monoisotopic (exact) mass is 364 g/mol. The molecule has 8 nitrogen and oxygen atoms in total. The van der Waals surface area contributed by atoms with Gasteiger partial charge in [-0.05, 0) is 37.1 Å². The van der Waals surface area contributed by atoms with E-state index in [-0.39, 0.29) is 11.9 Å². The number of carbonyl (C=O) groups excluding carboxylic acids is 2. The van der Waals surface area contributed by atoms with Crippen molar-refractivity contribution in [2.75, 3.05) is 59.4 Å². The molecule has 8 heteroatoms. The van der Waals surface area contributed by atoms with Gasteiger partial charge in [-0.1, -0.05) is 0 Å². The van der Waals surface area contributed by atoms with E-state index in [1.165, 1.54) is 7.11 Å². The normalized spacial score (nSPS) is 17.0. The highest BCUT2D eigenvalue weighted by Gasteiger charge is 2.22. The number of anilines is 1. The van der Waals surface area contributed by atoms with Gasteiger partial charge in [0, 0.05) is 39.5 Å². The Hall–Kier alpha value is -2.32. The van der Waals surface area contributed by atoms with Crippen molar-refractivity contribution in [2.24, 2.45) is 5.92 Å². The predicted octanol–water partition coefficient (Wildman–Crippen LogP) is 1.14. The molecule has 0 radical (unpaired) electrons. The third-order valence-electron chi connectivity index (χ3n) is 4.46. The van der Waals surface area contributed by atoms with Crippen LogP contribution in [-0.4, -0.2) is 70.9 Å². The molecule has 0 aliphatic carbocycles. The zero-order chi connectivity index (χ0) is 18.9. The molecule has 0 unspecified atom stereocenters. The van der Waals surface area contributed by atoms with E-state index in [1.54, 1.807) is 32.4 Å². The Morgan fingerprint density at radius 3 is 2.81 bits per heavy atom. The fraction of sp³-hybridized carbons (Fsp3) is 0.556. The lowest BCUT2D eigenvalue weighted by Gasteiger charge is -2.16. The van der Waals surface area contributed by atoms with Gasteiger partial charge in [-0.2, -0.15) is 0 Å². The molecule has 26 heavy (non-hydrogen) atoms. The van der Waals surface area contributed by atoms with Crippen LogP contribution in [0, 0.1) is 5.92 Å². The summed E-state index contributed by atoms with van der Waals surface area (Å²) in [5.41, 5.74) is 0.910. The average molecular weight is 364 g/mol. The van der Waals surface area contributed by atoms with Gasteiger partial charge in [0.05, 0.1) is 19.3 Å². The van der Waals surface area contributed by atoms with Gasteiger partial charge < -0.3 is 30.3 Å². The van der Waals surface area contributed by atoms with Crippen LogP contribution in [0.4, 0.5) is 10.5 Å². The summed E-state index contributed by atoms with van der Waals surface area (Å²) in [6, 6.07) is 4.67.